The van der Waals surface area contributed by atoms with Crippen LogP contribution in [-0.2, 0) is 15.6 Å². The molecule has 0 aliphatic carbocycles. The summed E-state index contributed by atoms with van der Waals surface area (Å²) < 4.78 is 40.9. The van der Waals surface area contributed by atoms with Crippen molar-refractivity contribution in [1.82, 2.24) is 9.80 Å². The molecular weight excluding hydrogens is 514 g/mol. The van der Waals surface area contributed by atoms with Gasteiger partial charge >= 0.3 is 0 Å². The van der Waals surface area contributed by atoms with Crippen molar-refractivity contribution < 1.29 is 17.8 Å². The van der Waals surface area contributed by atoms with Gasteiger partial charge in [0, 0.05) is 37.0 Å². The van der Waals surface area contributed by atoms with Crippen molar-refractivity contribution in [3.05, 3.63) is 143 Å². The zero-order valence-corrected chi connectivity index (χ0v) is 22.3. The molecule has 0 spiro atoms. The zero-order chi connectivity index (χ0) is 27.2. The van der Waals surface area contributed by atoms with E-state index in [0.717, 1.165) is 22.3 Å². The fourth-order valence-corrected chi connectivity index (χ4v) is 6.70. The number of hydrogen-bond donors (Lipinski definition) is 0. The monoisotopic (exact) mass is 544 g/mol. The lowest BCUT2D eigenvalue weighted by Crippen LogP contribution is -2.51. The van der Waals surface area contributed by atoms with Crippen molar-refractivity contribution in [3.63, 3.8) is 0 Å². The molecular formula is C32H30F2N2O2S. The van der Waals surface area contributed by atoms with Crippen LogP contribution in [0.15, 0.2) is 109 Å². The van der Waals surface area contributed by atoms with Gasteiger partial charge in [0.05, 0.1) is 11.3 Å². The third-order valence-electron chi connectivity index (χ3n) is 7.14. The quantitative estimate of drug-likeness (QED) is 0.284. The minimum Gasteiger partial charge on any atom is -0.339 e. The molecule has 0 N–H and O–H groups in total. The molecule has 1 heterocycles. The molecule has 1 aliphatic rings. The predicted molar refractivity (Wildman–Crippen MR) is 151 cm³/mol. The van der Waals surface area contributed by atoms with E-state index in [1.54, 1.807) is 29.2 Å². The zero-order valence-electron chi connectivity index (χ0n) is 21.5. The third-order valence-corrected chi connectivity index (χ3v) is 8.74. The van der Waals surface area contributed by atoms with E-state index in [0.29, 0.717) is 26.2 Å². The maximum absolute atomic E-state index is 13.6. The van der Waals surface area contributed by atoms with Crippen LogP contribution in [0.2, 0.25) is 0 Å². The van der Waals surface area contributed by atoms with E-state index in [-0.39, 0.29) is 34.6 Å². The topological polar surface area (TPSA) is 40.6 Å². The van der Waals surface area contributed by atoms with Crippen molar-refractivity contribution in [2.75, 3.05) is 31.9 Å². The average Bonchev–Trinajstić information content (AvgIpc) is 2.97. The van der Waals surface area contributed by atoms with Crippen LogP contribution in [0.1, 0.15) is 33.5 Å². The predicted octanol–water partition coefficient (Wildman–Crippen LogP) is 5.74. The van der Waals surface area contributed by atoms with Gasteiger partial charge < -0.3 is 4.90 Å². The number of carbonyl (C=O) groups is 1. The van der Waals surface area contributed by atoms with Crippen LogP contribution >= 0.6 is 0 Å². The molecule has 4 aromatic rings. The number of halogens is 2. The van der Waals surface area contributed by atoms with E-state index < -0.39 is 10.8 Å². The van der Waals surface area contributed by atoms with E-state index in [1.807, 2.05) is 60.7 Å². The van der Waals surface area contributed by atoms with Crippen LogP contribution in [0.4, 0.5) is 8.78 Å². The highest BCUT2D eigenvalue weighted by atomic mass is 32.2. The maximum Gasteiger partial charge on any atom is 0.235 e. The average molecular weight is 545 g/mol. The molecule has 4 nitrogen and oxygen atoms in total. The Kier molecular flexibility index (Phi) is 8.59. The Balaban J connectivity index is 1.28. The molecule has 39 heavy (non-hydrogen) atoms. The largest absolute Gasteiger partial charge is 0.339 e. The fourth-order valence-electron chi connectivity index (χ4n) is 5.18. The molecule has 200 valence electrons. The van der Waals surface area contributed by atoms with Crippen LogP contribution < -0.4 is 0 Å². The highest BCUT2D eigenvalue weighted by Gasteiger charge is 2.30. The highest BCUT2D eigenvalue weighted by Crippen LogP contribution is 2.31. The first-order valence-electron chi connectivity index (χ1n) is 13.0. The van der Waals surface area contributed by atoms with Gasteiger partial charge in [-0.25, -0.2) is 8.78 Å². The van der Waals surface area contributed by atoms with Crippen LogP contribution in [0.25, 0.3) is 0 Å². The fraction of sp³-hybridized carbons (Fsp3) is 0.219. The van der Waals surface area contributed by atoms with Gasteiger partial charge in [0.2, 0.25) is 5.91 Å². The first-order chi connectivity index (χ1) is 19.0. The van der Waals surface area contributed by atoms with Gasteiger partial charge in [-0.05, 0) is 46.5 Å². The van der Waals surface area contributed by atoms with Gasteiger partial charge in [-0.2, -0.15) is 0 Å². The molecule has 1 atom stereocenters. The number of benzene rings is 4. The smallest absolute Gasteiger partial charge is 0.235 e. The summed E-state index contributed by atoms with van der Waals surface area (Å²) in [6.45, 7) is 2.13. The summed E-state index contributed by atoms with van der Waals surface area (Å²) in [6, 6.07) is 31.8. The lowest BCUT2D eigenvalue weighted by Gasteiger charge is -2.40. The molecule has 0 saturated carbocycles. The molecule has 5 rings (SSSR count). The molecule has 0 aromatic heterocycles. The first-order valence-corrected chi connectivity index (χ1v) is 14.4. The number of rotatable bonds is 8. The summed E-state index contributed by atoms with van der Waals surface area (Å²) in [4.78, 5) is 17.3. The summed E-state index contributed by atoms with van der Waals surface area (Å²) in [5, 5.41) is -0.390. The molecule has 1 saturated heterocycles. The molecule has 1 amide bonds. The van der Waals surface area contributed by atoms with Crippen LogP contribution in [0, 0.1) is 11.6 Å². The van der Waals surface area contributed by atoms with Crippen LogP contribution in [-0.4, -0.2) is 51.8 Å². The second-order valence-electron chi connectivity index (χ2n) is 9.65. The highest BCUT2D eigenvalue weighted by molar-refractivity contribution is 7.86. The number of amides is 1. The molecule has 1 aliphatic heterocycles. The van der Waals surface area contributed by atoms with Gasteiger partial charge in [-0.3, -0.25) is 13.9 Å². The first kappa shape index (κ1) is 26.9. The van der Waals surface area contributed by atoms with E-state index in [2.05, 4.69) is 4.90 Å². The van der Waals surface area contributed by atoms with Gasteiger partial charge in [-0.15, -0.1) is 0 Å². The SMILES string of the molecule is O=C(CS(=O)C(c1ccccc1)c1ccccc1)N1CCN(C(c2ccc(F)cc2)c2ccc(F)cc2)CC1. The Morgan fingerprint density at radius 1 is 0.641 bits per heavy atom. The summed E-state index contributed by atoms with van der Waals surface area (Å²) in [5.41, 5.74) is 3.64. The van der Waals surface area contributed by atoms with Crippen molar-refractivity contribution in [1.29, 1.82) is 0 Å². The Bertz CT molecular complexity index is 1310. The summed E-state index contributed by atoms with van der Waals surface area (Å²) in [5.74, 6) is -0.827. The molecule has 7 heteroatoms. The molecule has 0 radical (unpaired) electrons. The maximum atomic E-state index is 13.6. The summed E-state index contributed by atoms with van der Waals surface area (Å²) in [6.07, 6.45) is 0. The molecule has 1 unspecified atom stereocenters. The Morgan fingerprint density at radius 2 is 1.08 bits per heavy atom. The standard InChI is InChI=1S/C32H30F2N2O2S/c33-28-15-11-24(12-16-28)31(25-13-17-29(34)18-14-25)36-21-19-35(20-22-36)30(37)23-39(38)32(26-7-3-1-4-8-26)27-9-5-2-6-10-27/h1-18,31-32H,19-23H2. The minimum absolute atomic E-state index is 0.0617. The normalized spacial score (nSPS) is 15.0. The Morgan fingerprint density at radius 3 is 1.51 bits per heavy atom. The van der Waals surface area contributed by atoms with E-state index in [9.17, 15) is 17.8 Å². The molecule has 0 bridgehead atoms. The summed E-state index contributed by atoms with van der Waals surface area (Å²) >= 11 is 0. The van der Waals surface area contributed by atoms with Crippen molar-refractivity contribution in [2.24, 2.45) is 0 Å². The van der Waals surface area contributed by atoms with E-state index >= 15 is 0 Å². The minimum atomic E-state index is -1.45. The van der Waals surface area contributed by atoms with Crippen molar-refractivity contribution in [3.8, 4) is 0 Å². The number of piperazine rings is 1. The lowest BCUT2D eigenvalue weighted by atomic mass is 9.96. The number of carbonyl (C=O) groups excluding carboxylic acids is 1. The second kappa shape index (κ2) is 12.5. The van der Waals surface area contributed by atoms with Crippen molar-refractivity contribution in [2.45, 2.75) is 11.3 Å². The second-order valence-corrected chi connectivity index (χ2v) is 11.2. The van der Waals surface area contributed by atoms with Gasteiger partial charge in [-0.1, -0.05) is 84.9 Å². The van der Waals surface area contributed by atoms with Crippen LogP contribution in [0.3, 0.4) is 0 Å². The Labute approximate surface area is 230 Å². The lowest BCUT2D eigenvalue weighted by molar-refractivity contribution is -0.130. The number of nitrogens with zero attached hydrogens (tertiary/aromatic N) is 2. The van der Waals surface area contributed by atoms with E-state index in [4.69, 9.17) is 0 Å². The molecule has 1 fully saturated rings. The summed E-state index contributed by atoms with van der Waals surface area (Å²) in [7, 11) is -1.45. The number of hydrogen-bond acceptors (Lipinski definition) is 3. The third kappa shape index (κ3) is 6.49. The van der Waals surface area contributed by atoms with Crippen LogP contribution in [0.5, 0.6) is 0 Å². The molecule has 4 aromatic carbocycles. The van der Waals surface area contributed by atoms with Gasteiger partial charge in [0.25, 0.3) is 0 Å². The van der Waals surface area contributed by atoms with Crippen molar-refractivity contribution >= 4 is 16.7 Å². The van der Waals surface area contributed by atoms with Gasteiger partial charge in [0.15, 0.2) is 0 Å². The van der Waals surface area contributed by atoms with E-state index in [1.165, 1.54) is 24.3 Å². The Hall–Kier alpha value is -3.68. The van der Waals surface area contributed by atoms with Gasteiger partial charge in [0.1, 0.15) is 17.4 Å².